The van der Waals surface area contributed by atoms with Crippen molar-refractivity contribution in [3.05, 3.63) is 59.4 Å². The van der Waals surface area contributed by atoms with Gasteiger partial charge in [-0.25, -0.2) is 8.78 Å². The third-order valence-corrected chi connectivity index (χ3v) is 5.77. The summed E-state index contributed by atoms with van der Waals surface area (Å²) in [5.41, 5.74) is 1.04. The molecule has 30 heavy (non-hydrogen) atoms. The predicted octanol–water partition coefficient (Wildman–Crippen LogP) is 3.59. The van der Waals surface area contributed by atoms with Gasteiger partial charge in [0.2, 0.25) is 11.8 Å². The topological polar surface area (TPSA) is 45.6 Å². The van der Waals surface area contributed by atoms with E-state index in [0.717, 1.165) is 24.6 Å². The van der Waals surface area contributed by atoms with Crippen LogP contribution in [0.4, 0.5) is 8.78 Å². The molecule has 1 aromatic heterocycles. The van der Waals surface area contributed by atoms with Crippen LogP contribution in [-0.2, 0) is 16.1 Å². The third-order valence-electron chi connectivity index (χ3n) is 5.77. The maximum atomic E-state index is 14.7. The molecule has 1 aliphatic carbocycles. The minimum atomic E-state index is -0.680. The summed E-state index contributed by atoms with van der Waals surface area (Å²) in [5.74, 6) is -1.25. The van der Waals surface area contributed by atoms with Gasteiger partial charge in [-0.15, -0.1) is 0 Å². The Bertz CT molecular complexity index is 952. The minimum Gasteiger partial charge on any atom is -0.348 e. The van der Waals surface area contributed by atoms with Crippen LogP contribution in [0.5, 0.6) is 0 Å². The minimum absolute atomic E-state index is 0.0203. The van der Waals surface area contributed by atoms with E-state index in [0.29, 0.717) is 19.6 Å². The van der Waals surface area contributed by atoms with E-state index in [1.54, 1.807) is 9.80 Å². The molecule has 2 heterocycles. The van der Waals surface area contributed by atoms with Gasteiger partial charge in [-0.1, -0.05) is 19.9 Å². The maximum absolute atomic E-state index is 14.7. The monoisotopic (exact) mass is 415 g/mol. The molecule has 4 rings (SSSR count). The first-order valence-electron chi connectivity index (χ1n) is 10.5. The van der Waals surface area contributed by atoms with Crippen LogP contribution in [0.2, 0.25) is 0 Å². The zero-order valence-corrected chi connectivity index (χ0v) is 17.4. The molecule has 1 fully saturated rings. The fourth-order valence-corrected chi connectivity index (χ4v) is 4.22. The van der Waals surface area contributed by atoms with Crippen molar-refractivity contribution < 1.29 is 18.4 Å². The van der Waals surface area contributed by atoms with Crippen molar-refractivity contribution in [1.82, 2.24) is 14.4 Å². The molecule has 5 nitrogen and oxygen atoms in total. The molecule has 0 spiro atoms. The Hall–Kier alpha value is -2.70. The number of rotatable bonds is 6. The highest BCUT2D eigenvalue weighted by Gasteiger charge is 2.38. The lowest BCUT2D eigenvalue weighted by Crippen LogP contribution is -2.49. The maximum Gasteiger partial charge on any atom is 0.243 e. The lowest BCUT2D eigenvalue weighted by Gasteiger charge is -2.38. The Labute approximate surface area is 175 Å². The van der Waals surface area contributed by atoms with Gasteiger partial charge in [0, 0.05) is 49.1 Å². The summed E-state index contributed by atoms with van der Waals surface area (Å²) in [5, 5.41) is 0. The van der Waals surface area contributed by atoms with Crippen LogP contribution in [0.3, 0.4) is 0 Å². The van der Waals surface area contributed by atoms with E-state index >= 15 is 0 Å². The number of aromatic nitrogens is 1. The molecule has 0 saturated heterocycles. The SMILES string of the molecule is CC(C)CN(CC(=O)N1CCn2cccc2C1c1ccc(F)cc1F)C(=O)C1CC1. The number of amides is 2. The quantitative estimate of drug-likeness (QED) is 0.724. The van der Waals surface area contributed by atoms with E-state index in [4.69, 9.17) is 0 Å². The van der Waals surface area contributed by atoms with Crippen molar-refractivity contribution >= 4 is 11.8 Å². The number of fused-ring (bicyclic) bond motifs is 1. The molecule has 1 atom stereocenters. The second-order valence-corrected chi connectivity index (χ2v) is 8.67. The molecular weight excluding hydrogens is 388 g/mol. The summed E-state index contributed by atoms with van der Waals surface area (Å²) in [6, 6.07) is 6.53. The molecule has 7 heteroatoms. The Kier molecular flexibility index (Phi) is 5.62. The first kappa shape index (κ1) is 20.6. The highest BCUT2D eigenvalue weighted by molar-refractivity contribution is 5.87. The number of carbonyl (C=O) groups excluding carboxylic acids is 2. The van der Waals surface area contributed by atoms with E-state index in [1.165, 1.54) is 12.1 Å². The lowest BCUT2D eigenvalue weighted by atomic mass is 9.99. The van der Waals surface area contributed by atoms with Crippen LogP contribution in [0.1, 0.15) is 44.0 Å². The zero-order chi connectivity index (χ0) is 21.4. The molecule has 1 aromatic carbocycles. The van der Waals surface area contributed by atoms with Crippen LogP contribution >= 0.6 is 0 Å². The van der Waals surface area contributed by atoms with Crippen LogP contribution in [0.25, 0.3) is 0 Å². The zero-order valence-electron chi connectivity index (χ0n) is 17.4. The Morgan fingerprint density at radius 3 is 2.60 bits per heavy atom. The van der Waals surface area contributed by atoms with Crippen molar-refractivity contribution in [2.45, 2.75) is 39.3 Å². The molecule has 1 aliphatic heterocycles. The normalized spacial score (nSPS) is 18.4. The molecule has 0 N–H and O–H groups in total. The average molecular weight is 415 g/mol. The van der Waals surface area contributed by atoms with Gasteiger partial charge in [0.1, 0.15) is 17.7 Å². The first-order valence-corrected chi connectivity index (χ1v) is 10.5. The van der Waals surface area contributed by atoms with Gasteiger partial charge in [-0.05, 0) is 37.0 Å². The smallest absolute Gasteiger partial charge is 0.243 e. The van der Waals surface area contributed by atoms with Crippen molar-refractivity contribution in [3.63, 3.8) is 0 Å². The second kappa shape index (κ2) is 8.20. The summed E-state index contributed by atoms with van der Waals surface area (Å²) in [7, 11) is 0. The predicted molar refractivity (Wildman–Crippen MR) is 108 cm³/mol. The molecule has 2 aliphatic rings. The summed E-state index contributed by atoms with van der Waals surface area (Å²) >= 11 is 0. The fourth-order valence-electron chi connectivity index (χ4n) is 4.22. The van der Waals surface area contributed by atoms with Gasteiger partial charge in [0.25, 0.3) is 0 Å². The second-order valence-electron chi connectivity index (χ2n) is 8.67. The number of hydrogen-bond donors (Lipinski definition) is 0. The van der Waals surface area contributed by atoms with E-state index in [1.807, 2.05) is 36.7 Å². The summed E-state index contributed by atoms with van der Waals surface area (Å²) in [4.78, 5) is 29.3. The van der Waals surface area contributed by atoms with Crippen LogP contribution in [-0.4, -0.2) is 45.8 Å². The molecule has 1 unspecified atom stereocenters. The van der Waals surface area contributed by atoms with E-state index in [-0.39, 0.29) is 35.8 Å². The molecule has 0 bridgehead atoms. The van der Waals surface area contributed by atoms with Gasteiger partial charge in [-0.2, -0.15) is 0 Å². The lowest BCUT2D eigenvalue weighted by molar-refractivity contribution is -0.143. The first-order chi connectivity index (χ1) is 14.3. The summed E-state index contributed by atoms with van der Waals surface area (Å²) in [6.45, 7) is 5.52. The van der Waals surface area contributed by atoms with Crippen LogP contribution in [0.15, 0.2) is 36.5 Å². The Morgan fingerprint density at radius 1 is 1.17 bits per heavy atom. The van der Waals surface area contributed by atoms with Gasteiger partial charge in [0.05, 0.1) is 6.54 Å². The number of benzene rings is 1. The van der Waals surface area contributed by atoms with Gasteiger partial charge < -0.3 is 14.4 Å². The number of carbonyl (C=O) groups is 2. The number of nitrogens with zero attached hydrogens (tertiary/aromatic N) is 3. The third kappa shape index (κ3) is 4.11. The Morgan fingerprint density at radius 2 is 1.93 bits per heavy atom. The molecule has 2 amide bonds. The van der Waals surface area contributed by atoms with Crippen LogP contribution in [0, 0.1) is 23.5 Å². The number of hydrogen-bond acceptors (Lipinski definition) is 2. The standard InChI is InChI=1S/C23H27F2N3O2/c1-15(2)13-27(23(30)16-5-6-16)14-21(29)28-11-10-26-9-3-4-20(26)22(28)18-8-7-17(24)12-19(18)25/h3-4,7-9,12,15-16,22H,5-6,10-11,13-14H2,1-2H3. The van der Waals surface area contributed by atoms with Gasteiger partial charge >= 0.3 is 0 Å². The highest BCUT2D eigenvalue weighted by Crippen LogP contribution is 2.35. The van der Waals surface area contributed by atoms with Crippen molar-refractivity contribution in [2.24, 2.45) is 11.8 Å². The average Bonchev–Trinajstić information content (AvgIpc) is 3.43. The van der Waals surface area contributed by atoms with E-state index in [2.05, 4.69) is 0 Å². The van der Waals surface area contributed by atoms with E-state index in [9.17, 15) is 18.4 Å². The molecule has 1 saturated carbocycles. The van der Waals surface area contributed by atoms with Crippen molar-refractivity contribution in [1.29, 1.82) is 0 Å². The molecule has 0 radical (unpaired) electrons. The van der Waals surface area contributed by atoms with Gasteiger partial charge in [-0.3, -0.25) is 9.59 Å². The largest absolute Gasteiger partial charge is 0.348 e. The Balaban J connectivity index is 1.63. The van der Waals surface area contributed by atoms with Crippen LogP contribution < -0.4 is 0 Å². The van der Waals surface area contributed by atoms with E-state index < -0.39 is 17.7 Å². The van der Waals surface area contributed by atoms with Crippen molar-refractivity contribution in [2.75, 3.05) is 19.6 Å². The fraction of sp³-hybridized carbons (Fsp3) is 0.478. The summed E-state index contributed by atoms with van der Waals surface area (Å²) < 4.78 is 30.2. The molecule has 2 aromatic rings. The number of halogens is 2. The van der Waals surface area contributed by atoms with Gasteiger partial charge in [0.15, 0.2) is 0 Å². The highest BCUT2D eigenvalue weighted by atomic mass is 19.1. The summed E-state index contributed by atoms with van der Waals surface area (Å²) in [6.07, 6.45) is 3.65. The molecule has 160 valence electrons. The van der Waals surface area contributed by atoms with Crippen molar-refractivity contribution in [3.8, 4) is 0 Å². The molecular formula is C23H27F2N3O2.